The van der Waals surface area contributed by atoms with E-state index in [4.69, 9.17) is 18.3 Å². The van der Waals surface area contributed by atoms with E-state index < -0.39 is 5.54 Å². The van der Waals surface area contributed by atoms with Crippen LogP contribution in [0.25, 0.3) is 0 Å². The standard InChI is InChI=1S/C19H14BNO/c20-14-10-11-16-18(12-14)22-17-9-5-4-8-15(17)19(16,21)13-6-2-1-3-7-13/h1-12H,21H2. The van der Waals surface area contributed by atoms with Gasteiger partial charge in [-0.2, -0.15) is 0 Å². The number of rotatable bonds is 1. The average molecular weight is 283 g/mol. The van der Waals surface area contributed by atoms with Crippen molar-refractivity contribution in [1.82, 2.24) is 0 Å². The number of ether oxygens (including phenoxy) is 1. The molecule has 1 heterocycles. The SMILES string of the molecule is [B]c1ccc2c(c1)Oc1ccccc1C2(N)c1ccccc1. The summed E-state index contributed by atoms with van der Waals surface area (Å²) in [5.41, 5.74) is 9.75. The Bertz CT molecular complexity index is 847. The molecule has 2 radical (unpaired) electrons. The fourth-order valence-corrected chi connectivity index (χ4v) is 3.11. The van der Waals surface area contributed by atoms with Crippen LogP contribution in [0.4, 0.5) is 0 Å². The minimum absolute atomic E-state index is 0.661. The molecule has 1 unspecified atom stereocenters. The minimum atomic E-state index is -0.751. The Morgan fingerprint density at radius 2 is 1.45 bits per heavy atom. The van der Waals surface area contributed by atoms with Gasteiger partial charge in [0.2, 0.25) is 0 Å². The van der Waals surface area contributed by atoms with Crippen LogP contribution >= 0.6 is 0 Å². The van der Waals surface area contributed by atoms with Crippen molar-refractivity contribution >= 4 is 13.3 Å². The summed E-state index contributed by atoms with van der Waals surface area (Å²) >= 11 is 0. The molecule has 3 aromatic rings. The van der Waals surface area contributed by atoms with Crippen molar-refractivity contribution in [3.63, 3.8) is 0 Å². The third-order valence-corrected chi connectivity index (χ3v) is 4.19. The molecule has 0 saturated carbocycles. The van der Waals surface area contributed by atoms with Crippen molar-refractivity contribution in [1.29, 1.82) is 0 Å². The van der Waals surface area contributed by atoms with Gasteiger partial charge in [-0.05, 0) is 17.7 Å². The van der Waals surface area contributed by atoms with Gasteiger partial charge in [-0.25, -0.2) is 0 Å². The largest absolute Gasteiger partial charge is 0.457 e. The first-order valence-electron chi connectivity index (χ1n) is 7.21. The molecular weight excluding hydrogens is 269 g/mol. The highest BCUT2D eigenvalue weighted by Gasteiger charge is 2.40. The first-order chi connectivity index (χ1) is 10.7. The predicted molar refractivity (Wildman–Crippen MR) is 88.9 cm³/mol. The Morgan fingerprint density at radius 3 is 2.27 bits per heavy atom. The van der Waals surface area contributed by atoms with Crippen LogP contribution in [0.3, 0.4) is 0 Å². The Labute approximate surface area is 131 Å². The lowest BCUT2D eigenvalue weighted by Gasteiger charge is -2.37. The lowest BCUT2D eigenvalue weighted by molar-refractivity contribution is 0.421. The monoisotopic (exact) mass is 283 g/mol. The fraction of sp³-hybridized carbons (Fsp3) is 0.0526. The highest BCUT2D eigenvalue weighted by molar-refractivity contribution is 6.32. The zero-order chi connectivity index (χ0) is 15.2. The molecule has 0 aromatic heterocycles. The summed E-state index contributed by atoms with van der Waals surface area (Å²) in [5.74, 6) is 1.48. The summed E-state index contributed by atoms with van der Waals surface area (Å²) < 4.78 is 6.02. The highest BCUT2D eigenvalue weighted by atomic mass is 16.5. The van der Waals surface area contributed by atoms with E-state index in [0.29, 0.717) is 11.2 Å². The van der Waals surface area contributed by atoms with E-state index in [2.05, 4.69) is 0 Å². The Kier molecular flexibility index (Phi) is 2.84. The van der Waals surface area contributed by atoms with Gasteiger partial charge in [0.1, 0.15) is 19.3 Å². The van der Waals surface area contributed by atoms with Gasteiger partial charge in [0.05, 0.1) is 5.54 Å². The van der Waals surface area contributed by atoms with Gasteiger partial charge in [-0.1, -0.05) is 66.1 Å². The second-order valence-electron chi connectivity index (χ2n) is 5.53. The van der Waals surface area contributed by atoms with E-state index in [-0.39, 0.29) is 0 Å². The summed E-state index contributed by atoms with van der Waals surface area (Å²) in [5, 5.41) is 0. The van der Waals surface area contributed by atoms with Crippen LogP contribution in [-0.2, 0) is 5.54 Å². The molecule has 0 saturated heterocycles. The molecule has 2 nitrogen and oxygen atoms in total. The lowest BCUT2D eigenvalue weighted by atomic mass is 9.75. The van der Waals surface area contributed by atoms with Crippen LogP contribution in [-0.4, -0.2) is 7.85 Å². The van der Waals surface area contributed by atoms with Crippen LogP contribution < -0.4 is 15.9 Å². The minimum Gasteiger partial charge on any atom is -0.457 e. The summed E-state index contributed by atoms with van der Waals surface area (Å²) in [6, 6.07) is 23.6. The molecule has 0 amide bonds. The Hall–Kier alpha value is -2.52. The molecule has 1 aliphatic heterocycles. The second-order valence-corrected chi connectivity index (χ2v) is 5.53. The Balaban J connectivity index is 2.06. The second kappa shape index (κ2) is 4.75. The Morgan fingerprint density at radius 1 is 0.773 bits per heavy atom. The molecule has 2 N–H and O–H groups in total. The van der Waals surface area contributed by atoms with Crippen molar-refractivity contribution < 1.29 is 4.74 Å². The summed E-state index contributed by atoms with van der Waals surface area (Å²) in [7, 11) is 5.91. The molecule has 22 heavy (non-hydrogen) atoms. The first-order valence-corrected chi connectivity index (χ1v) is 7.21. The van der Waals surface area contributed by atoms with Crippen molar-refractivity contribution in [3.05, 3.63) is 89.5 Å². The number of benzene rings is 3. The van der Waals surface area contributed by atoms with E-state index in [1.807, 2.05) is 72.8 Å². The lowest BCUT2D eigenvalue weighted by Crippen LogP contribution is -2.41. The van der Waals surface area contributed by atoms with Crippen LogP contribution in [0.1, 0.15) is 16.7 Å². The maximum Gasteiger partial charge on any atom is 0.133 e. The number of hydrogen-bond donors (Lipinski definition) is 1. The molecule has 4 rings (SSSR count). The van der Waals surface area contributed by atoms with Crippen molar-refractivity contribution in [2.24, 2.45) is 5.73 Å². The average Bonchev–Trinajstić information content (AvgIpc) is 2.55. The van der Waals surface area contributed by atoms with Gasteiger partial charge in [-0.3, -0.25) is 0 Å². The van der Waals surface area contributed by atoms with E-state index in [1.54, 1.807) is 0 Å². The van der Waals surface area contributed by atoms with Crippen LogP contribution in [0.5, 0.6) is 11.5 Å². The van der Waals surface area contributed by atoms with Gasteiger partial charge < -0.3 is 10.5 Å². The van der Waals surface area contributed by atoms with Gasteiger partial charge in [0, 0.05) is 11.1 Å². The molecule has 0 aliphatic carbocycles. The molecule has 3 aromatic carbocycles. The van der Waals surface area contributed by atoms with Crippen LogP contribution in [0.15, 0.2) is 72.8 Å². The van der Waals surface area contributed by atoms with Gasteiger partial charge in [-0.15, -0.1) is 0 Å². The summed E-state index contributed by atoms with van der Waals surface area (Å²) in [6.45, 7) is 0. The molecule has 0 bridgehead atoms. The van der Waals surface area contributed by atoms with E-state index in [9.17, 15) is 0 Å². The highest BCUT2D eigenvalue weighted by Crippen LogP contribution is 2.47. The van der Waals surface area contributed by atoms with E-state index in [1.165, 1.54) is 0 Å². The van der Waals surface area contributed by atoms with E-state index in [0.717, 1.165) is 22.4 Å². The van der Waals surface area contributed by atoms with Crippen LogP contribution in [0.2, 0.25) is 0 Å². The number of fused-ring (bicyclic) bond motifs is 2. The maximum atomic E-state index is 6.93. The topological polar surface area (TPSA) is 35.2 Å². The van der Waals surface area contributed by atoms with Gasteiger partial charge in [0.15, 0.2) is 0 Å². The molecule has 0 spiro atoms. The van der Waals surface area contributed by atoms with Gasteiger partial charge >= 0.3 is 0 Å². The number of para-hydroxylation sites is 1. The van der Waals surface area contributed by atoms with Gasteiger partial charge in [0.25, 0.3) is 0 Å². The normalized spacial score (nSPS) is 19.0. The number of hydrogen-bond acceptors (Lipinski definition) is 2. The third kappa shape index (κ3) is 1.79. The molecular formula is C19H14BNO. The first kappa shape index (κ1) is 13.2. The smallest absolute Gasteiger partial charge is 0.133 e. The van der Waals surface area contributed by atoms with E-state index >= 15 is 0 Å². The maximum absolute atomic E-state index is 6.93. The number of nitrogens with two attached hydrogens (primary N) is 1. The zero-order valence-electron chi connectivity index (χ0n) is 12.0. The summed E-state index contributed by atoms with van der Waals surface area (Å²) in [4.78, 5) is 0. The fourth-order valence-electron chi connectivity index (χ4n) is 3.11. The molecule has 3 heteroatoms. The third-order valence-electron chi connectivity index (χ3n) is 4.19. The van der Waals surface area contributed by atoms with Crippen molar-refractivity contribution in [2.75, 3.05) is 0 Å². The quantitative estimate of drug-likeness (QED) is 0.697. The predicted octanol–water partition coefficient (Wildman–Crippen LogP) is 2.84. The van der Waals surface area contributed by atoms with Crippen molar-refractivity contribution in [3.8, 4) is 11.5 Å². The van der Waals surface area contributed by atoms with Crippen LogP contribution in [0, 0.1) is 0 Å². The summed E-state index contributed by atoms with van der Waals surface area (Å²) in [6.07, 6.45) is 0. The zero-order valence-corrected chi connectivity index (χ0v) is 12.0. The molecule has 104 valence electrons. The van der Waals surface area contributed by atoms with Crippen molar-refractivity contribution in [2.45, 2.75) is 5.54 Å². The molecule has 1 atom stereocenters. The molecule has 0 fully saturated rings. The molecule has 1 aliphatic rings.